The number of amides is 2. The number of rotatable bonds is 6. The molecule has 2 N–H and O–H groups in total. The third-order valence-electron chi connectivity index (χ3n) is 5.48. The highest BCUT2D eigenvalue weighted by Gasteiger charge is 2.37. The van der Waals surface area contributed by atoms with Crippen molar-refractivity contribution in [3.05, 3.63) is 71.3 Å². The van der Waals surface area contributed by atoms with Crippen LogP contribution in [0.1, 0.15) is 40.9 Å². The van der Waals surface area contributed by atoms with Gasteiger partial charge < -0.3 is 15.3 Å². The molecule has 152 valence electrons. The van der Waals surface area contributed by atoms with Crippen LogP contribution in [0.4, 0.5) is 0 Å². The van der Waals surface area contributed by atoms with Crippen LogP contribution in [0.2, 0.25) is 0 Å². The molecule has 2 aromatic rings. The molecule has 0 aliphatic carbocycles. The van der Waals surface area contributed by atoms with E-state index in [1.807, 2.05) is 56.3 Å². The van der Waals surface area contributed by atoms with Crippen LogP contribution in [-0.4, -0.2) is 40.9 Å². The zero-order valence-corrected chi connectivity index (χ0v) is 16.7. The quantitative estimate of drug-likeness (QED) is 0.788. The number of carboxylic acids is 1. The lowest BCUT2D eigenvalue weighted by Gasteiger charge is -2.23. The standard InChI is InChI=1S/C23H26N2O4/c1-15-8-10-18(11-9-15)22(27)24-20(17-6-4-3-5-7-17)12-21(26)25-13-16(2)19(14-25)23(28)29/h3-11,16,19-20H,12-14H2,1-2H3,(H,24,27)(H,28,29)/t16-,19-,20?/m1/s1. The molecule has 1 aliphatic rings. The molecule has 29 heavy (non-hydrogen) atoms. The molecule has 2 amide bonds. The summed E-state index contributed by atoms with van der Waals surface area (Å²) in [5.41, 5.74) is 2.43. The Morgan fingerprint density at radius 3 is 2.31 bits per heavy atom. The van der Waals surface area contributed by atoms with Crippen molar-refractivity contribution in [2.75, 3.05) is 13.1 Å². The van der Waals surface area contributed by atoms with Gasteiger partial charge in [-0.05, 0) is 30.5 Å². The van der Waals surface area contributed by atoms with E-state index < -0.39 is 17.9 Å². The lowest BCUT2D eigenvalue weighted by atomic mass is 9.99. The number of likely N-dealkylation sites (tertiary alicyclic amines) is 1. The van der Waals surface area contributed by atoms with Crippen LogP contribution in [-0.2, 0) is 9.59 Å². The maximum atomic E-state index is 12.9. The van der Waals surface area contributed by atoms with Gasteiger partial charge in [0, 0.05) is 18.7 Å². The number of carbonyl (C=O) groups is 3. The Balaban J connectivity index is 1.74. The molecule has 6 heteroatoms. The highest BCUT2D eigenvalue weighted by atomic mass is 16.4. The largest absolute Gasteiger partial charge is 0.481 e. The van der Waals surface area contributed by atoms with Gasteiger partial charge in [0.05, 0.1) is 18.4 Å². The third-order valence-corrected chi connectivity index (χ3v) is 5.48. The smallest absolute Gasteiger partial charge is 0.308 e. The van der Waals surface area contributed by atoms with E-state index in [9.17, 15) is 19.5 Å². The van der Waals surface area contributed by atoms with Crippen LogP contribution in [0.25, 0.3) is 0 Å². The number of nitrogens with one attached hydrogen (secondary N) is 1. The molecule has 1 heterocycles. The molecule has 0 spiro atoms. The number of aryl methyl sites for hydroxylation is 1. The van der Waals surface area contributed by atoms with Crippen molar-refractivity contribution in [3.8, 4) is 0 Å². The Morgan fingerprint density at radius 2 is 1.72 bits per heavy atom. The first-order chi connectivity index (χ1) is 13.8. The van der Waals surface area contributed by atoms with E-state index in [1.165, 1.54) is 0 Å². The zero-order chi connectivity index (χ0) is 21.0. The highest BCUT2D eigenvalue weighted by molar-refractivity contribution is 5.94. The Hall–Kier alpha value is -3.15. The van der Waals surface area contributed by atoms with Crippen molar-refractivity contribution in [2.24, 2.45) is 11.8 Å². The molecule has 1 fully saturated rings. The number of hydrogen-bond donors (Lipinski definition) is 2. The van der Waals surface area contributed by atoms with Crippen molar-refractivity contribution >= 4 is 17.8 Å². The predicted octanol–water partition coefficient (Wildman–Crippen LogP) is 3.04. The Labute approximate surface area is 170 Å². The van der Waals surface area contributed by atoms with Gasteiger partial charge in [-0.15, -0.1) is 0 Å². The number of aliphatic carboxylic acids is 1. The molecule has 3 rings (SSSR count). The van der Waals surface area contributed by atoms with Gasteiger partial charge in [-0.2, -0.15) is 0 Å². The second-order valence-corrected chi connectivity index (χ2v) is 7.73. The Bertz CT molecular complexity index is 880. The van der Waals surface area contributed by atoms with Gasteiger partial charge in [-0.25, -0.2) is 0 Å². The molecule has 0 aromatic heterocycles. The minimum absolute atomic E-state index is 0.0840. The summed E-state index contributed by atoms with van der Waals surface area (Å²) in [6.45, 7) is 4.43. The molecular weight excluding hydrogens is 368 g/mol. The summed E-state index contributed by atoms with van der Waals surface area (Å²) >= 11 is 0. The molecule has 6 nitrogen and oxygen atoms in total. The minimum Gasteiger partial charge on any atom is -0.481 e. The number of nitrogens with zero attached hydrogens (tertiary/aromatic N) is 1. The summed E-state index contributed by atoms with van der Waals surface area (Å²) in [7, 11) is 0. The molecule has 1 aliphatic heterocycles. The van der Waals surface area contributed by atoms with E-state index in [4.69, 9.17) is 0 Å². The second kappa shape index (κ2) is 8.90. The lowest BCUT2D eigenvalue weighted by Crippen LogP contribution is -2.36. The van der Waals surface area contributed by atoms with E-state index in [2.05, 4.69) is 5.32 Å². The Morgan fingerprint density at radius 1 is 1.07 bits per heavy atom. The molecule has 1 saturated heterocycles. The monoisotopic (exact) mass is 394 g/mol. The summed E-state index contributed by atoms with van der Waals surface area (Å²) in [5, 5.41) is 12.3. The topological polar surface area (TPSA) is 86.7 Å². The molecule has 2 aromatic carbocycles. The van der Waals surface area contributed by atoms with Crippen LogP contribution >= 0.6 is 0 Å². The first-order valence-electron chi connectivity index (χ1n) is 9.78. The summed E-state index contributed by atoms with van der Waals surface area (Å²) in [6, 6.07) is 16.1. The predicted molar refractivity (Wildman–Crippen MR) is 109 cm³/mol. The molecular formula is C23H26N2O4. The van der Waals surface area contributed by atoms with Gasteiger partial charge in [-0.3, -0.25) is 14.4 Å². The van der Waals surface area contributed by atoms with E-state index in [1.54, 1.807) is 17.0 Å². The summed E-state index contributed by atoms with van der Waals surface area (Å²) in [6.07, 6.45) is 0.0840. The molecule has 0 saturated carbocycles. The van der Waals surface area contributed by atoms with E-state index >= 15 is 0 Å². The van der Waals surface area contributed by atoms with Gasteiger partial charge in [-0.1, -0.05) is 55.0 Å². The first-order valence-corrected chi connectivity index (χ1v) is 9.78. The minimum atomic E-state index is -0.875. The highest BCUT2D eigenvalue weighted by Crippen LogP contribution is 2.26. The second-order valence-electron chi connectivity index (χ2n) is 7.73. The normalized spacial score (nSPS) is 19.6. The van der Waals surface area contributed by atoms with Crippen LogP contribution in [0.3, 0.4) is 0 Å². The maximum absolute atomic E-state index is 12.9. The van der Waals surface area contributed by atoms with Crippen molar-refractivity contribution < 1.29 is 19.5 Å². The summed E-state index contributed by atoms with van der Waals surface area (Å²) in [5.74, 6) is -1.91. The fraction of sp³-hybridized carbons (Fsp3) is 0.348. The van der Waals surface area contributed by atoms with E-state index in [0.717, 1.165) is 11.1 Å². The molecule has 3 atom stereocenters. The number of carboxylic acid groups (broad SMARTS) is 1. The van der Waals surface area contributed by atoms with E-state index in [-0.39, 0.29) is 30.7 Å². The van der Waals surface area contributed by atoms with E-state index in [0.29, 0.717) is 12.1 Å². The zero-order valence-electron chi connectivity index (χ0n) is 16.7. The van der Waals surface area contributed by atoms with Gasteiger partial charge in [0.25, 0.3) is 5.91 Å². The van der Waals surface area contributed by atoms with Gasteiger partial charge in [0.1, 0.15) is 0 Å². The number of hydrogen-bond acceptors (Lipinski definition) is 3. The van der Waals surface area contributed by atoms with Gasteiger partial charge in [0.15, 0.2) is 0 Å². The fourth-order valence-electron chi connectivity index (χ4n) is 3.68. The van der Waals surface area contributed by atoms with Crippen molar-refractivity contribution in [1.29, 1.82) is 0 Å². The number of benzene rings is 2. The van der Waals surface area contributed by atoms with Gasteiger partial charge >= 0.3 is 5.97 Å². The van der Waals surface area contributed by atoms with Crippen LogP contribution < -0.4 is 5.32 Å². The van der Waals surface area contributed by atoms with Crippen molar-refractivity contribution in [3.63, 3.8) is 0 Å². The first kappa shape index (κ1) is 20.6. The van der Waals surface area contributed by atoms with Crippen molar-refractivity contribution in [1.82, 2.24) is 10.2 Å². The molecule has 0 radical (unpaired) electrons. The van der Waals surface area contributed by atoms with Gasteiger partial charge in [0.2, 0.25) is 5.91 Å². The molecule has 1 unspecified atom stereocenters. The summed E-state index contributed by atoms with van der Waals surface area (Å²) in [4.78, 5) is 38.6. The fourth-order valence-corrected chi connectivity index (χ4v) is 3.68. The van der Waals surface area contributed by atoms with Crippen LogP contribution in [0.15, 0.2) is 54.6 Å². The summed E-state index contributed by atoms with van der Waals surface area (Å²) < 4.78 is 0. The average Bonchev–Trinajstić information content (AvgIpc) is 3.10. The average molecular weight is 394 g/mol. The SMILES string of the molecule is Cc1ccc(C(=O)NC(CC(=O)N2C[C@@H](C)[C@H](C(=O)O)C2)c2ccccc2)cc1. The van der Waals surface area contributed by atoms with Crippen LogP contribution in [0, 0.1) is 18.8 Å². The third kappa shape index (κ3) is 5.02. The molecule has 0 bridgehead atoms. The Kier molecular flexibility index (Phi) is 6.32. The number of carbonyl (C=O) groups excluding carboxylic acids is 2. The maximum Gasteiger partial charge on any atom is 0.308 e. The van der Waals surface area contributed by atoms with Crippen molar-refractivity contribution in [2.45, 2.75) is 26.3 Å². The lowest BCUT2D eigenvalue weighted by molar-refractivity contribution is -0.142. The van der Waals surface area contributed by atoms with Crippen LogP contribution in [0.5, 0.6) is 0 Å².